The summed E-state index contributed by atoms with van der Waals surface area (Å²) in [5, 5.41) is 9.36. The van der Waals surface area contributed by atoms with Crippen molar-refractivity contribution < 1.29 is 0 Å². The molecule has 1 heterocycles. The molecule has 1 aliphatic rings. The Bertz CT molecular complexity index is 1240. The predicted molar refractivity (Wildman–Crippen MR) is 153 cm³/mol. The Balaban J connectivity index is 1.58. The number of nitrogens with zero attached hydrogens (tertiary/aromatic N) is 2. The molecule has 0 saturated heterocycles. The zero-order chi connectivity index (χ0) is 25.1. The normalized spacial score (nSPS) is 18.1. The Hall–Kier alpha value is -3.33. The van der Waals surface area contributed by atoms with Crippen molar-refractivity contribution in [2.24, 2.45) is 0 Å². The monoisotopic (exact) mass is 477 g/mol. The van der Waals surface area contributed by atoms with Crippen LogP contribution >= 0.6 is 0 Å². The summed E-state index contributed by atoms with van der Waals surface area (Å²) in [5.74, 6) is 0.949. The molecule has 2 atom stereocenters. The van der Waals surface area contributed by atoms with Crippen molar-refractivity contribution in [3.63, 3.8) is 0 Å². The molecular formula is C33H39N3. The molecule has 0 bridgehead atoms. The van der Waals surface area contributed by atoms with E-state index in [4.69, 9.17) is 5.10 Å². The van der Waals surface area contributed by atoms with Gasteiger partial charge in [0.1, 0.15) is 0 Å². The highest BCUT2D eigenvalue weighted by molar-refractivity contribution is 5.69. The second-order valence-electron chi connectivity index (χ2n) is 10.8. The van der Waals surface area contributed by atoms with Gasteiger partial charge in [0.05, 0.1) is 17.4 Å². The lowest BCUT2D eigenvalue weighted by molar-refractivity contribution is 0.304. The molecule has 1 N–H and O–H groups in total. The largest absolute Gasteiger partial charge is 0.380 e. The summed E-state index contributed by atoms with van der Waals surface area (Å²) in [6, 6.07) is 31.1. The van der Waals surface area contributed by atoms with E-state index < -0.39 is 0 Å². The third-order valence-corrected chi connectivity index (χ3v) is 7.62. The van der Waals surface area contributed by atoms with Crippen LogP contribution in [-0.2, 0) is 0 Å². The minimum atomic E-state index is 0.298. The van der Waals surface area contributed by atoms with Crippen molar-refractivity contribution in [3.8, 4) is 22.5 Å². The number of aromatic nitrogens is 2. The topological polar surface area (TPSA) is 29.9 Å². The number of rotatable bonds is 7. The highest BCUT2D eigenvalue weighted by atomic mass is 15.3. The second-order valence-corrected chi connectivity index (χ2v) is 10.8. The van der Waals surface area contributed by atoms with Gasteiger partial charge < -0.3 is 5.32 Å². The van der Waals surface area contributed by atoms with Crippen LogP contribution < -0.4 is 5.32 Å². The van der Waals surface area contributed by atoms with E-state index in [0.29, 0.717) is 23.9 Å². The summed E-state index contributed by atoms with van der Waals surface area (Å²) in [7, 11) is 0. The van der Waals surface area contributed by atoms with E-state index in [0.717, 1.165) is 18.5 Å². The summed E-state index contributed by atoms with van der Waals surface area (Å²) >= 11 is 0. The highest BCUT2D eigenvalue weighted by Crippen LogP contribution is 2.39. The second kappa shape index (κ2) is 10.7. The van der Waals surface area contributed by atoms with Crippen LogP contribution in [0.2, 0.25) is 0 Å². The van der Waals surface area contributed by atoms with E-state index in [1.807, 2.05) is 0 Å². The molecule has 0 amide bonds. The first-order chi connectivity index (χ1) is 17.5. The van der Waals surface area contributed by atoms with Crippen LogP contribution in [-0.4, -0.2) is 15.8 Å². The highest BCUT2D eigenvalue weighted by Gasteiger charge is 2.31. The first-order valence-electron chi connectivity index (χ1n) is 13.6. The number of hydrogen-bond acceptors (Lipinski definition) is 2. The maximum absolute atomic E-state index is 5.26. The van der Waals surface area contributed by atoms with Crippen molar-refractivity contribution in [1.29, 1.82) is 0 Å². The van der Waals surface area contributed by atoms with Crippen LogP contribution in [0, 0.1) is 0 Å². The minimum absolute atomic E-state index is 0.298. The van der Waals surface area contributed by atoms with Crippen LogP contribution in [0.15, 0.2) is 84.9 Å². The van der Waals surface area contributed by atoms with Crippen molar-refractivity contribution in [2.75, 3.05) is 5.32 Å². The molecule has 3 aromatic carbocycles. The smallest absolute Gasteiger partial charge is 0.0929 e. The maximum atomic E-state index is 5.26. The molecule has 3 heteroatoms. The maximum Gasteiger partial charge on any atom is 0.0929 e. The predicted octanol–water partition coefficient (Wildman–Crippen LogP) is 9.06. The van der Waals surface area contributed by atoms with Crippen LogP contribution in [0.3, 0.4) is 0 Å². The average molecular weight is 478 g/mol. The summed E-state index contributed by atoms with van der Waals surface area (Å²) in [6.07, 6.45) is 4.78. The molecule has 5 rings (SSSR count). The van der Waals surface area contributed by atoms with Gasteiger partial charge in [-0.25, -0.2) is 0 Å². The molecule has 0 aliphatic heterocycles. The first-order valence-corrected chi connectivity index (χ1v) is 13.6. The van der Waals surface area contributed by atoms with Crippen LogP contribution in [0.1, 0.15) is 82.4 Å². The van der Waals surface area contributed by atoms with Gasteiger partial charge in [-0.2, -0.15) is 5.10 Å². The van der Waals surface area contributed by atoms with Gasteiger partial charge in [0.2, 0.25) is 0 Å². The number of para-hydroxylation sites is 1. The summed E-state index contributed by atoms with van der Waals surface area (Å²) in [6.45, 7) is 9.21. The lowest BCUT2D eigenvalue weighted by Crippen LogP contribution is -2.35. The number of hydrogen-bond donors (Lipinski definition) is 1. The molecule has 4 aromatic rings. The fourth-order valence-corrected chi connectivity index (χ4v) is 5.70. The van der Waals surface area contributed by atoms with E-state index in [-0.39, 0.29) is 0 Å². The van der Waals surface area contributed by atoms with Gasteiger partial charge in [0, 0.05) is 17.3 Å². The van der Waals surface area contributed by atoms with Crippen LogP contribution in [0.4, 0.5) is 5.69 Å². The fourth-order valence-electron chi connectivity index (χ4n) is 5.70. The molecule has 1 saturated carbocycles. The molecule has 36 heavy (non-hydrogen) atoms. The molecule has 0 radical (unpaired) electrons. The third-order valence-electron chi connectivity index (χ3n) is 7.62. The van der Waals surface area contributed by atoms with Gasteiger partial charge >= 0.3 is 0 Å². The Morgan fingerprint density at radius 3 is 1.92 bits per heavy atom. The standard InChI is InChI=1S/C33H39N3/c1-23(2)27-18-13-19-28(24(3)4)33(27)34-29-20-11-12-21-31(29)36-32(26-16-9-6-10-17-26)22-30(35-36)25-14-7-5-8-15-25/h5-10,13-19,22-24,29,31,34H,11-12,20-21H2,1-4H3/t29-,31-/m0/s1. The molecule has 1 aliphatic carbocycles. The number of nitrogens with one attached hydrogen (secondary N) is 1. The molecule has 0 spiro atoms. The summed E-state index contributed by atoms with van der Waals surface area (Å²) < 4.78 is 2.33. The van der Waals surface area contributed by atoms with E-state index >= 15 is 0 Å². The molecule has 186 valence electrons. The fraction of sp³-hybridized carbons (Fsp3) is 0.364. The van der Waals surface area contributed by atoms with Gasteiger partial charge in [-0.1, -0.05) is 119 Å². The zero-order valence-electron chi connectivity index (χ0n) is 22.1. The Labute approximate surface area is 216 Å². The Kier molecular flexibility index (Phi) is 7.27. The van der Waals surface area contributed by atoms with Crippen molar-refractivity contribution in [3.05, 3.63) is 96.1 Å². The van der Waals surface area contributed by atoms with Crippen molar-refractivity contribution in [2.45, 2.75) is 77.3 Å². The van der Waals surface area contributed by atoms with E-state index in [9.17, 15) is 0 Å². The average Bonchev–Trinajstić information content (AvgIpc) is 3.35. The minimum Gasteiger partial charge on any atom is -0.380 e. The molecule has 0 unspecified atom stereocenters. The van der Waals surface area contributed by atoms with Gasteiger partial charge in [0.15, 0.2) is 0 Å². The summed E-state index contributed by atoms with van der Waals surface area (Å²) in [4.78, 5) is 0. The number of benzene rings is 3. The van der Waals surface area contributed by atoms with E-state index in [1.165, 1.54) is 46.5 Å². The van der Waals surface area contributed by atoms with Crippen molar-refractivity contribution in [1.82, 2.24) is 9.78 Å². The SMILES string of the molecule is CC(C)c1cccc(C(C)C)c1N[C@H]1CCCC[C@@H]1n1nc(-c2ccccc2)cc1-c1ccccc1. The van der Waals surface area contributed by atoms with Gasteiger partial charge in [-0.05, 0) is 47.4 Å². The molecule has 3 nitrogen and oxygen atoms in total. The quantitative estimate of drug-likeness (QED) is 0.288. The van der Waals surface area contributed by atoms with E-state index in [1.54, 1.807) is 0 Å². The lowest BCUT2D eigenvalue weighted by Gasteiger charge is -2.36. The zero-order valence-corrected chi connectivity index (χ0v) is 22.1. The van der Waals surface area contributed by atoms with Crippen LogP contribution in [0.25, 0.3) is 22.5 Å². The Morgan fingerprint density at radius 2 is 1.31 bits per heavy atom. The van der Waals surface area contributed by atoms with Gasteiger partial charge in [0.25, 0.3) is 0 Å². The third kappa shape index (κ3) is 4.97. The van der Waals surface area contributed by atoms with Gasteiger partial charge in [-0.3, -0.25) is 4.68 Å². The van der Waals surface area contributed by atoms with Crippen molar-refractivity contribution >= 4 is 5.69 Å². The first kappa shape index (κ1) is 24.4. The molecule has 1 fully saturated rings. The number of anilines is 1. The lowest BCUT2D eigenvalue weighted by atomic mass is 9.87. The van der Waals surface area contributed by atoms with Gasteiger partial charge in [-0.15, -0.1) is 0 Å². The molecular weight excluding hydrogens is 438 g/mol. The Morgan fingerprint density at radius 1 is 0.722 bits per heavy atom. The van der Waals surface area contributed by atoms with E-state index in [2.05, 4.69) is 123 Å². The summed E-state index contributed by atoms with van der Waals surface area (Å²) in [5.41, 5.74) is 8.82. The molecule has 1 aromatic heterocycles. The van der Waals surface area contributed by atoms with Crippen LogP contribution in [0.5, 0.6) is 0 Å².